The third kappa shape index (κ3) is 5.10. The van der Waals surface area contributed by atoms with Gasteiger partial charge >= 0.3 is 5.97 Å². The van der Waals surface area contributed by atoms with Crippen molar-refractivity contribution in [2.75, 3.05) is 12.4 Å². The van der Waals surface area contributed by atoms with Crippen molar-refractivity contribution in [1.29, 1.82) is 0 Å². The minimum atomic E-state index is -0.676. The van der Waals surface area contributed by atoms with E-state index in [4.69, 9.17) is 16.3 Å². The van der Waals surface area contributed by atoms with Crippen LogP contribution >= 0.6 is 23.4 Å². The molecule has 1 aliphatic heterocycles. The van der Waals surface area contributed by atoms with Crippen molar-refractivity contribution < 1.29 is 14.3 Å². The van der Waals surface area contributed by atoms with E-state index in [0.29, 0.717) is 17.4 Å². The Morgan fingerprint density at radius 3 is 2.12 bits per heavy atom. The number of carbonyl (C=O) groups excluding carboxylic acids is 2. The van der Waals surface area contributed by atoms with Crippen molar-refractivity contribution in [3.63, 3.8) is 0 Å². The molecule has 0 saturated carbocycles. The van der Waals surface area contributed by atoms with Crippen molar-refractivity contribution in [2.45, 2.75) is 30.7 Å². The summed E-state index contributed by atoms with van der Waals surface area (Å²) >= 11 is 8.07. The van der Waals surface area contributed by atoms with E-state index in [0.717, 1.165) is 23.1 Å². The van der Waals surface area contributed by atoms with Gasteiger partial charge in [-0.1, -0.05) is 97.4 Å². The molecule has 1 heterocycles. The lowest BCUT2D eigenvalue weighted by atomic mass is 9.89. The minimum Gasteiger partial charge on any atom is -0.464 e. The van der Waals surface area contributed by atoms with E-state index in [1.165, 1.54) is 0 Å². The zero-order valence-electron chi connectivity index (χ0n) is 18.4. The van der Waals surface area contributed by atoms with Crippen LogP contribution in [0.15, 0.2) is 84.9 Å². The van der Waals surface area contributed by atoms with E-state index in [2.05, 4.69) is 0 Å². The van der Waals surface area contributed by atoms with Gasteiger partial charge in [0, 0.05) is 16.3 Å². The Labute approximate surface area is 203 Å². The molecular formula is C27H26ClNO3S. The average Bonchev–Trinajstić information content (AvgIpc) is 3.29. The van der Waals surface area contributed by atoms with Crippen LogP contribution in [0.4, 0.5) is 0 Å². The second kappa shape index (κ2) is 10.9. The van der Waals surface area contributed by atoms with Crippen LogP contribution in [0.25, 0.3) is 0 Å². The Kier molecular flexibility index (Phi) is 7.73. The molecule has 0 radical (unpaired) electrons. The van der Waals surface area contributed by atoms with Crippen LogP contribution in [0.3, 0.4) is 0 Å². The van der Waals surface area contributed by atoms with Gasteiger partial charge < -0.3 is 9.64 Å². The van der Waals surface area contributed by atoms with Crippen LogP contribution in [-0.2, 0) is 14.3 Å². The summed E-state index contributed by atoms with van der Waals surface area (Å²) in [6.07, 6.45) is 0.726. The molecule has 33 heavy (non-hydrogen) atoms. The third-order valence-electron chi connectivity index (χ3n) is 5.66. The molecule has 3 aromatic carbocycles. The Bertz CT molecular complexity index is 1050. The number of hydrogen-bond donors (Lipinski definition) is 0. The molecule has 0 aliphatic carbocycles. The molecule has 0 aromatic heterocycles. The van der Waals surface area contributed by atoms with Gasteiger partial charge in [0.15, 0.2) is 0 Å². The standard InChI is InChI=1S/C27H26ClNO3S/c1-2-17-32-27(31)23-18-33-26(21-15-9-10-16-22(21)28)29(23)25(30)24(19-11-5-3-6-12-19)20-13-7-4-8-14-20/h3-16,23-24,26H,2,17-18H2,1H3. The van der Waals surface area contributed by atoms with Crippen LogP contribution < -0.4 is 0 Å². The van der Waals surface area contributed by atoms with Gasteiger partial charge in [-0.25, -0.2) is 4.79 Å². The lowest BCUT2D eigenvalue weighted by Crippen LogP contribution is -2.46. The molecule has 1 aliphatic rings. The first-order valence-corrected chi connectivity index (χ1v) is 12.5. The second-order valence-electron chi connectivity index (χ2n) is 7.89. The average molecular weight is 480 g/mol. The van der Waals surface area contributed by atoms with Crippen molar-refractivity contribution in [3.8, 4) is 0 Å². The number of rotatable bonds is 7. The van der Waals surface area contributed by atoms with Crippen molar-refractivity contribution in [2.24, 2.45) is 0 Å². The summed E-state index contributed by atoms with van der Waals surface area (Å²) in [4.78, 5) is 29.0. The fraction of sp³-hybridized carbons (Fsp3) is 0.259. The summed E-state index contributed by atoms with van der Waals surface area (Å²) in [5, 5.41) is 0.201. The van der Waals surface area contributed by atoms with Gasteiger partial charge in [0.2, 0.25) is 5.91 Å². The molecule has 2 atom stereocenters. The maximum Gasteiger partial charge on any atom is 0.329 e. The lowest BCUT2D eigenvalue weighted by Gasteiger charge is -2.32. The van der Waals surface area contributed by atoms with E-state index < -0.39 is 12.0 Å². The van der Waals surface area contributed by atoms with Crippen LogP contribution in [0.1, 0.15) is 41.3 Å². The van der Waals surface area contributed by atoms with E-state index >= 15 is 0 Å². The zero-order valence-corrected chi connectivity index (χ0v) is 20.0. The van der Waals surface area contributed by atoms with E-state index in [1.54, 1.807) is 16.7 Å². The summed E-state index contributed by atoms with van der Waals surface area (Å²) < 4.78 is 5.48. The third-order valence-corrected chi connectivity index (χ3v) is 7.31. The summed E-state index contributed by atoms with van der Waals surface area (Å²) in [5.74, 6) is -0.592. The van der Waals surface area contributed by atoms with Gasteiger partial charge in [-0.15, -0.1) is 11.8 Å². The van der Waals surface area contributed by atoms with Gasteiger partial charge in [0.05, 0.1) is 12.5 Å². The van der Waals surface area contributed by atoms with Crippen LogP contribution in [0.2, 0.25) is 5.02 Å². The number of thioether (sulfide) groups is 1. The first kappa shape index (κ1) is 23.4. The summed E-state index contributed by atoms with van der Waals surface area (Å²) in [6, 6.07) is 26.2. The largest absolute Gasteiger partial charge is 0.464 e. The predicted molar refractivity (Wildman–Crippen MR) is 133 cm³/mol. The SMILES string of the molecule is CCCOC(=O)C1CSC(c2ccccc2Cl)N1C(=O)C(c1ccccc1)c1ccccc1. The molecular weight excluding hydrogens is 454 g/mol. The molecule has 0 N–H and O–H groups in total. The number of nitrogens with zero attached hydrogens (tertiary/aromatic N) is 1. The summed E-state index contributed by atoms with van der Waals surface area (Å²) in [5.41, 5.74) is 2.58. The Balaban J connectivity index is 1.78. The molecule has 170 valence electrons. The van der Waals surface area contributed by atoms with Crippen molar-refractivity contribution in [3.05, 3.63) is 107 Å². The highest BCUT2D eigenvalue weighted by molar-refractivity contribution is 7.99. The minimum absolute atomic E-state index is 0.138. The fourth-order valence-electron chi connectivity index (χ4n) is 4.09. The number of amides is 1. The normalized spacial score (nSPS) is 17.8. The molecule has 4 rings (SSSR count). The Morgan fingerprint density at radius 1 is 0.970 bits per heavy atom. The van der Waals surface area contributed by atoms with E-state index in [-0.39, 0.29) is 17.3 Å². The smallest absolute Gasteiger partial charge is 0.329 e. The highest BCUT2D eigenvalue weighted by atomic mass is 35.5. The van der Waals surface area contributed by atoms with Gasteiger partial charge in [-0.05, 0) is 23.6 Å². The second-order valence-corrected chi connectivity index (χ2v) is 9.41. The predicted octanol–water partition coefficient (Wildman–Crippen LogP) is 6.07. The zero-order chi connectivity index (χ0) is 23.2. The highest BCUT2D eigenvalue weighted by Gasteiger charge is 2.46. The molecule has 6 heteroatoms. The Hall–Kier alpha value is -2.76. The molecule has 0 bridgehead atoms. The molecule has 1 fully saturated rings. The molecule has 2 unspecified atom stereocenters. The van der Waals surface area contributed by atoms with Gasteiger partial charge in [-0.3, -0.25) is 4.79 Å². The molecule has 4 nitrogen and oxygen atoms in total. The van der Waals surface area contributed by atoms with Crippen molar-refractivity contribution in [1.82, 2.24) is 4.90 Å². The number of carbonyl (C=O) groups is 2. The summed E-state index contributed by atoms with van der Waals surface area (Å²) in [7, 11) is 0. The van der Waals surface area contributed by atoms with Crippen LogP contribution in [-0.4, -0.2) is 35.2 Å². The number of hydrogen-bond acceptors (Lipinski definition) is 4. The van der Waals surface area contributed by atoms with Gasteiger partial charge in [-0.2, -0.15) is 0 Å². The van der Waals surface area contributed by atoms with Crippen molar-refractivity contribution >= 4 is 35.2 Å². The summed E-state index contributed by atoms with van der Waals surface area (Å²) in [6.45, 7) is 2.28. The monoisotopic (exact) mass is 479 g/mol. The topological polar surface area (TPSA) is 46.6 Å². The number of esters is 1. The van der Waals surface area contributed by atoms with Gasteiger partial charge in [0.25, 0.3) is 0 Å². The van der Waals surface area contributed by atoms with Crippen LogP contribution in [0, 0.1) is 0 Å². The number of benzene rings is 3. The lowest BCUT2D eigenvalue weighted by molar-refractivity contribution is -0.154. The van der Waals surface area contributed by atoms with E-state index in [1.807, 2.05) is 91.9 Å². The highest BCUT2D eigenvalue weighted by Crippen LogP contribution is 2.46. The van der Waals surface area contributed by atoms with Crippen LogP contribution in [0.5, 0.6) is 0 Å². The van der Waals surface area contributed by atoms with Gasteiger partial charge in [0.1, 0.15) is 11.4 Å². The molecule has 0 spiro atoms. The number of halogens is 1. The Morgan fingerprint density at radius 2 is 1.55 bits per heavy atom. The maximum absolute atomic E-state index is 14.3. The number of ether oxygens (including phenoxy) is 1. The van der Waals surface area contributed by atoms with E-state index in [9.17, 15) is 9.59 Å². The first-order chi connectivity index (χ1) is 16.1. The maximum atomic E-state index is 14.3. The first-order valence-electron chi connectivity index (χ1n) is 11.1. The molecule has 1 amide bonds. The molecule has 3 aromatic rings. The quantitative estimate of drug-likeness (QED) is 0.386. The molecule has 1 saturated heterocycles. The fourth-order valence-corrected chi connectivity index (χ4v) is 5.85.